The number of benzene rings is 1. The van der Waals surface area contributed by atoms with Crippen molar-refractivity contribution >= 4 is 15.9 Å². The van der Waals surface area contributed by atoms with Crippen molar-refractivity contribution in [2.24, 2.45) is 5.92 Å². The molecule has 0 amide bonds. The Hall–Kier alpha value is -0.500. The Balaban J connectivity index is 2.47. The van der Waals surface area contributed by atoms with Crippen LogP contribution in [-0.2, 0) is 6.42 Å². The summed E-state index contributed by atoms with van der Waals surface area (Å²) in [5.74, 6) is 1.02. The van der Waals surface area contributed by atoms with E-state index in [2.05, 4.69) is 29.8 Å². The van der Waals surface area contributed by atoms with E-state index in [1.807, 2.05) is 12.1 Å². The van der Waals surface area contributed by atoms with Crippen molar-refractivity contribution in [2.75, 3.05) is 0 Å². The zero-order valence-electron chi connectivity index (χ0n) is 8.70. The summed E-state index contributed by atoms with van der Waals surface area (Å²) in [5.41, 5.74) is 1.29. The van der Waals surface area contributed by atoms with Crippen LogP contribution in [0.1, 0.15) is 25.8 Å². The first-order valence-corrected chi connectivity index (χ1v) is 5.91. The highest BCUT2D eigenvalue weighted by atomic mass is 79.9. The van der Waals surface area contributed by atoms with Crippen molar-refractivity contribution in [1.29, 1.82) is 0 Å². The summed E-state index contributed by atoms with van der Waals surface area (Å²) in [6.45, 7) is 4.43. The highest BCUT2D eigenvalue weighted by molar-refractivity contribution is 9.09. The summed E-state index contributed by atoms with van der Waals surface area (Å²) in [7, 11) is 0. The van der Waals surface area contributed by atoms with Crippen LogP contribution < -0.4 is 0 Å². The minimum atomic E-state index is 0.343. The normalized spacial score (nSPS) is 15.1. The number of phenolic OH excluding ortho intramolecular Hbond substituents is 1. The average Bonchev–Trinajstić information content (AvgIpc) is 2.07. The van der Waals surface area contributed by atoms with Gasteiger partial charge in [0.05, 0.1) is 0 Å². The van der Waals surface area contributed by atoms with Crippen LogP contribution in [0, 0.1) is 5.92 Å². The second-order valence-corrected chi connectivity index (χ2v) is 5.56. The predicted octanol–water partition coefficient (Wildman–Crippen LogP) is 3.74. The maximum absolute atomic E-state index is 9.13. The molecule has 14 heavy (non-hydrogen) atoms. The van der Waals surface area contributed by atoms with Crippen molar-refractivity contribution in [3.05, 3.63) is 29.8 Å². The topological polar surface area (TPSA) is 20.2 Å². The van der Waals surface area contributed by atoms with Crippen molar-refractivity contribution in [2.45, 2.75) is 31.5 Å². The standard InChI is InChI=1S/C12H17BrO/c1-9(7-10(2)13)8-11-3-5-12(14)6-4-11/h3-6,9-10,14H,7-8H2,1-2H3. The van der Waals surface area contributed by atoms with Gasteiger partial charge in [-0.1, -0.05) is 41.9 Å². The first-order valence-electron chi connectivity index (χ1n) is 5.00. The molecule has 1 nitrogen and oxygen atoms in total. The number of hydrogen-bond acceptors (Lipinski definition) is 1. The second kappa shape index (κ2) is 5.40. The molecule has 0 bridgehead atoms. The SMILES string of the molecule is CC(Br)CC(C)Cc1ccc(O)cc1. The summed E-state index contributed by atoms with van der Waals surface area (Å²) < 4.78 is 0. The van der Waals surface area contributed by atoms with E-state index in [0.717, 1.165) is 6.42 Å². The first kappa shape index (κ1) is 11.6. The maximum atomic E-state index is 9.13. The van der Waals surface area contributed by atoms with Gasteiger partial charge in [-0.15, -0.1) is 0 Å². The third-order valence-electron chi connectivity index (χ3n) is 2.25. The van der Waals surface area contributed by atoms with Crippen LogP contribution in [0.25, 0.3) is 0 Å². The highest BCUT2D eigenvalue weighted by Crippen LogP contribution is 2.18. The van der Waals surface area contributed by atoms with Crippen LogP contribution >= 0.6 is 15.9 Å². The third-order valence-corrected chi connectivity index (χ3v) is 2.62. The summed E-state index contributed by atoms with van der Waals surface area (Å²) in [6.07, 6.45) is 2.26. The summed E-state index contributed by atoms with van der Waals surface area (Å²) in [6, 6.07) is 7.48. The number of aromatic hydroxyl groups is 1. The van der Waals surface area contributed by atoms with Crippen LogP contribution in [-0.4, -0.2) is 9.93 Å². The van der Waals surface area contributed by atoms with Crippen LogP contribution in [0.2, 0.25) is 0 Å². The fraction of sp³-hybridized carbons (Fsp3) is 0.500. The van der Waals surface area contributed by atoms with E-state index in [4.69, 9.17) is 5.11 Å². The molecule has 1 rings (SSSR count). The Bertz CT molecular complexity index is 266. The molecule has 0 spiro atoms. The minimum Gasteiger partial charge on any atom is -0.508 e. The Kier molecular flexibility index (Phi) is 4.46. The fourth-order valence-corrected chi connectivity index (χ4v) is 2.31. The van der Waals surface area contributed by atoms with E-state index >= 15 is 0 Å². The van der Waals surface area contributed by atoms with Crippen molar-refractivity contribution in [1.82, 2.24) is 0 Å². The molecule has 0 saturated carbocycles. The van der Waals surface area contributed by atoms with Crippen LogP contribution in [0.5, 0.6) is 5.75 Å². The Morgan fingerprint density at radius 2 is 1.79 bits per heavy atom. The van der Waals surface area contributed by atoms with Crippen molar-refractivity contribution in [3.8, 4) is 5.75 Å². The van der Waals surface area contributed by atoms with E-state index in [1.54, 1.807) is 12.1 Å². The number of phenols is 1. The molecular weight excluding hydrogens is 240 g/mol. The smallest absolute Gasteiger partial charge is 0.115 e. The molecule has 0 saturated heterocycles. The Labute approximate surface area is 94.3 Å². The fourth-order valence-electron chi connectivity index (χ4n) is 1.67. The van der Waals surface area contributed by atoms with Gasteiger partial charge in [-0.3, -0.25) is 0 Å². The monoisotopic (exact) mass is 256 g/mol. The molecular formula is C12H17BrO. The molecule has 2 atom stereocenters. The molecule has 2 unspecified atom stereocenters. The first-order chi connectivity index (χ1) is 6.58. The maximum Gasteiger partial charge on any atom is 0.115 e. The van der Waals surface area contributed by atoms with Gasteiger partial charge in [-0.05, 0) is 36.5 Å². The average molecular weight is 257 g/mol. The molecule has 2 heteroatoms. The lowest BCUT2D eigenvalue weighted by Gasteiger charge is -2.12. The number of alkyl halides is 1. The summed E-state index contributed by atoms with van der Waals surface area (Å²) in [5, 5.41) is 9.13. The highest BCUT2D eigenvalue weighted by Gasteiger charge is 2.06. The van der Waals surface area contributed by atoms with Crippen molar-refractivity contribution < 1.29 is 5.11 Å². The molecule has 78 valence electrons. The predicted molar refractivity (Wildman–Crippen MR) is 64.0 cm³/mol. The largest absolute Gasteiger partial charge is 0.508 e. The van der Waals surface area contributed by atoms with E-state index in [9.17, 15) is 0 Å². The number of rotatable bonds is 4. The lowest BCUT2D eigenvalue weighted by molar-refractivity contribution is 0.474. The van der Waals surface area contributed by atoms with Gasteiger partial charge in [-0.2, -0.15) is 0 Å². The van der Waals surface area contributed by atoms with Gasteiger partial charge in [0.25, 0.3) is 0 Å². The molecule has 1 N–H and O–H groups in total. The Morgan fingerprint density at radius 1 is 1.21 bits per heavy atom. The van der Waals surface area contributed by atoms with Gasteiger partial charge in [0.1, 0.15) is 5.75 Å². The van der Waals surface area contributed by atoms with E-state index < -0.39 is 0 Å². The summed E-state index contributed by atoms with van der Waals surface area (Å²) >= 11 is 3.56. The zero-order valence-corrected chi connectivity index (χ0v) is 10.3. The van der Waals surface area contributed by atoms with Crippen LogP contribution in [0.3, 0.4) is 0 Å². The van der Waals surface area contributed by atoms with Gasteiger partial charge in [0.2, 0.25) is 0 Å². The second-order valence-electron chi connectivity index (χ2n) is 3.99. The van der Waals surface area contributed by atoms with Crippen LogP contribution in [0.4, 0.5) is 0 Å². The van der Waals surface area contributed by atoms with Gasteiger partial charge in [-0.25, -0.2) is 0 Å². The lowest BCUT2D eigenvalue weighted by Crippen LogP contribution is -2.04. The van der Waals surface area contributed by atoms with E-state index in [-0.39, 0.29) is 0 Å². The van der Waals surface area contributed by atoms with Gasteiger partial charge < -0.3 is 5.11 Å². The lowest BCUT2D eigenvalue weighted by atomic mass is 9.97. The van der Waals surface area contributed by atoms with Gasteiger partial charge in [0, 0.05) is 4.83 Å². The molecule has 0 radical (unpaired) electrons. The molecule has 0 aromatic heterocycles. The molecule has 0 fully saturated rings. The van der Waals surface area contributed by atoms with E-state index in [1.165, 1.54) is 12.0 Å². The van der Waals surface area contributed by atoms with Crippen LogP contribution in [0.15, 0.2) is 24.3 Å². The minimum absolute atomic E-state index is 0.343. The molecule has 0 heterocycles. The number of halogens is 1. The van der Waals surface area contributed by atoms with Gasteiger partial charge >= 0.3 is 0 Å². The van der Waals surface area contributed by atoms with Crippen molar-refractivity contribution in [3.63, 3.8) is 0 Å². The molecule has 1 aromatic carbocycles. The molecule has 0 aliphatic rings. The van der Waals surface area contributed by atoms with E-state index in [0.29, 0.717) is 16.5 Å². The molecule has 1 aromatic rings. The third kappa shape index (κ3) is 4.14. The molecule has 0 aliphatic heterocycles. The number of hydrogen-bond donors (Lipinski definition) is 1. The quantitative estimate of drug-likeness (QED) is 0.814. The summed E-state index contributed by atoms with van der Waals surface area (Å²) in [4.78, 5) is 0.578. The zero-order chi connectivity index (χ0) is 10.6. The Morgan fingerprint density at radius 3 is 2.29 bits per heavy atom. The molecule has 0 aliphatic carbocycles. The van der Waals surface area contributed by atoms with Gasteiger partial charge in [0.15, 0.2) is 0 Å².